The van der Waals surface area contributed by atoms with Crippen molar-refractivity contribution in [3.05, 3.63) is 29.8 Å². The second kappa shape index (κ2) is 7.01. The summed E-state index contributed by atoms with van der Waals surface area (Å²) < 4.78 is 5.64. The quantitative estimate of drug-likeness (QED) is 0.775. The number of amides is 1. The lowest BCUT2D eigenvalue weighted by Gasteiger charge is -2.15. The summed E-state index contributed by atoms with van der Waals surface area (Å²) >= 11 is 0. The molecule has 1 aromatic carbocycles. The molecule has 1 rings (SSSR count). The monoisotopic (exact) mass is 250 g/mol. The molecule has 18 heavy (non-hydrogen) atoms. The first-order chi connectivity index (χ1) is 8.49. The smallest absolute Gasteiger partial charge is 0.248 e. The number of carbonyl (C=O) groups excluding carboxylic acids is 1. The second-order valence-electron chi connectivity index (χ2n) is 4.87. The molecule has 0 fully saturated rings. The van der Waals surface area contributed by atoms with Crippen molar-refractivity contribution in [3.63, 3.8) is 0 Å². The Morgan fingerprint density at radius 1 is 1.28 bits per heavy atom. The van der Waals surface area contributed by atoms with Crippen LogP contribution in [0.4, 0.5) is 0 Å². The van der Waals surface area contributed by atoms with Gasteiger partial charge in [-0.25, -0.2) is 0 Å². The number of rotatable bonds is 7. The molecule has 0 saturated heterocycles. The van der Waals surface area contributed by atoms with Crippen molar-refractivity contribution in [2.75, 3.05) is 13.2 Å². The molecule has 0 saturated carbocycles. The van der Waals surface area contributed by atoms with Crippen LogP contribution in [0, 0.1) is 5.92 Å². The zero-order valence-electron chi connectivity index (χ0n) is 11.3. The highest BCUT2D eigenvalue weighted by molar-refractivity contribution is 5.92. The fourth-order valence-corrected chi connectivity index (χ4v) is 1.45. The van der Waals surface area contributed by atoms with Crippen LogP contribution in [0.2, 0.25) is 0 Å². The Bertz CT molecular complexity index is 374. The van der Waals surface area contributed by atoms with Crippen molar-refractivity contribution < 1.29 is 9.53 Å². The third-order valence-corrected chi connectivity index (χ3v) is 2.55. The molecule has 1 aromatic rings. The largest absolute Gasteiger partial charge is 0.493 e. The summed E-state index contributed by atoms with van der Waals surface area (Å²) in [5.41, 5.74) is 5.66. The van der Waals surface area contributed by atoms with Crippen LogP contribution < -0.4 is 15.8 Å². The Labute approximate surface area is 109 Å². The fraction of sp³-hybridized carbons (Fsp3) is 0.500. The van der Waals surface area contributed by atoms with Gasteiger partial charge in [-0.2, -0.15) is 0 Å². The topological polar surface area (TPSA) is 64.3 Å². The van der Waals surface area contributed by atoms with Gasteiger partial charge in [-0.15, -0.1) is 0 Å². The maximum atomic E-state index is 10.9. The zero-order valence-corrected chi connectivity index (χ0v) is 11.3. The first-order valence-electron chi connectivity index (χ1n) is 6.25. The lowest BCUT2D eigenvalue weighted by atomic mass is 10.2. The van der Waals surface area contributed by atoms with Gasteiger partial charge in [0.05, 0.1) is 6.61 Å². The molecule has 0 heterocycles. The molecule has 1 amide bonds. The molecule has 0 spiro atoms. The molecule has 0 bridgehead atoms. The van der Waals surface area contributed by atoms with Gasteiger partial charge in [-0.1, -0.05) is 20.8 Å². The number of carbonyl (C=O) groups is 1. The first kappa shape index (κ1) is 14.5. The maximum Gasteiger partial charge on any atom is 0.248 e. The molecule has 0 aliphatic rings. The number of nitrogens with one attached hydrogen (secondary N) is 1. The summed E-state index contributed by atoms with van der Waals surface area (Å²) in [5, 5.41) is 3.36. The Kier molecular flexibility index (Phi) is 5.65. The molecule has 0 aliphatic heterocycles. The molecule has 1 unspecified atom stereocenters. The molecule has 0 radical (unpaired) electrons. The van der Waals surface area contributed by atoms with Crippen LogP contribution >= 0.6 is 0 Å². The van der Waals surface area contributed by atoms with Crippen LogP contribution in [0.15, 0.2) is 24.3 Å². The standard InChI is InChI=1S/C14H22N2O2/c1-10(2)16-8-11(3)9-18-13-6-4-12(5-7-13)14(15)17/h4-7,10-11,16H,8-9H2,1-3H3,(H2,15,17). The highest BCUT2D eigenvalue weighted by Crippen LogP contribution is 2.12. The van der Waals surface area contributed by atoms with E-state index in [9.17, 15) is 4.79 Å². The van der Waals surface area contributed by atoms with Gasteiger partial charge < -0.3 is 15.8 Å². The van der Waals surface area contributed by atoms with Gasteiger partial charge in [-0.3, -0.25) is 4.79 Å². The molecule has 4 nitrogen and oxygen atoms in total. The Morgan fingerprint density at radius 2 is 1.89 bits per heavy atom. The summed E-state index contributed by atoms with van der Waals surface area (Å²) in [6.45, 7) is 7.95. The lowest BCUT2D eigenvalue weighted by molar-refractivity contribution is 0.100. The Hall–Kier alpha value is -1.55. The second-order valence-corrected chi connectivity index (χ2v) is 4.87. The van der Waals surface area contributed by atoms with Crippen LogP contribution in [0.1, 0.15) is 31.1 Å². The number of hydrogen-bond acceptors (Lipinski definition) is 3. The van der Waals surface area contributed by atoms with Crippen LogP contribution in [-0.2, 0) is 0 Å². The molecular formula is C14H22N2O2. The number of benzene rings is 1. The van der Waals surface area contributed by atoms with E-state index in [1.165, 1.54) is 0 Å². The van der Waals surface area contributed by atoms with Gasteiger partial charge in [0.1, 0.15) is 5.75 Å². The Morgan fingerprint density at radius 3 is 2.39 bits per heavy atom. The number of nitrogens with two attached hydrogens (primary N) is 1. The number of ether oxygens (including phenoxy) is 1. The van der Waals surface area contributed by atoms with Crippen molar-refractivity contribution in [2.24, 2.45) is 11.7 Å². The van der Waals surface area contributed by atoms with E-state index in [0.717, 1.165) is 12.3 Å². The van der Waals surface area contributed by atoms with E-state index < -0.39 is 5.91 Å². The van der Waals surface area contributed by atoms with Gasteiger partial charge in [0.2, 0.25) is 5.91 Å². The van der Waals surface area contributed by atoms with Crippen LogP contribution in [0.25, 0.3) is 0 Å². The van der Waals surface area contributed by atoms with Crippen molar-refractivity contribution in [1.82, 2.24) is 5.32 Å². The van der Waals surface area contributed by atoms with Crippen molar-refractivity contribution in [1.29, 1.82) is 0 Å². The van der Waals surface area contributed by atoms with Crippen LogP contribution in [0.5, 0.6) is 5.75 Å². The molecule has 100 valence electrons. The molecule has 0 aliphatic carbocycles. The van der Waals surface area contributed by atoms with E-state index in [1.807, 2.05) is 0 Å². The average molecular weight is 250 g/mol. The summed E-state index contributed by atoms with van der Waals surface area (Å²) in [5.74, 6) is 0.774. The minimum Gasteiger partial charge on any atom is -0.493 e. The van der Waals surface area contributed by atoms with Gasteiger partial charge in [0, 0.05) is 24.1 Å². The SMILES string of the molecule is CC(CNC(C)C)COc1ccc(C(N)=O)cc1. The van der Waals surface area contributed by atoms with Gasteiger partial charge in [0.15, 0.2) is 0 Å². The van der Waals surface area contributed by atoms with Gasteiger partial charge in [-0.05, 0) is 24.3 Å². The predicted molar refractivity (Wildman–Crippen MR) is 72.8 cm³/mol. The normalized spacial score (nSPS) is 12.4. The molecule has 0 aromatic heterocycles. The third-order valence-electron chi connectivity index (χ3n) is 2.55. The van der Waals surface area contributed by atoms with Gasteiger partial charge in [0.25, 0.3) is 0 Å². The minimum atomic E-state index is -0.420. The van der Waals surface area contributed by atoms with Crippen LogP contribution in [-0.4, -0.2) is 25.1 Å². The summed E-state index contributed by atoms with van der Waals surface area (Å²) in [6.07, 6.45) is 0. The van der Waals surface area contributed by atoms with Crippen molar-refractivity contribution in [3.8, 4) is 5.75 Å². The summed E-state index contributed by atoms with van der Waals surface area (Å²) in [6, 6.07) is 7.37. The van der Waals surface area contributed by atoms with Crippen LogP contribution in [0.3, 0.4) is 0 Å². The summed E-state index contributed by atoms with van der Waals surface area (Å²) in [7, 11) is 0. The highest BCUT2D eigenvalue weighted by atomic mass is 16.5. The molecule has 1 atom stereocenters. The zero-order chi connectivity index (χ0) is 13.5. The predicted octanol–water partition coefficient (Wildman–Crippen LogP) is 1.80. The first-order valence-corrected chi connectivity index (χ1v) is 6.25. The van der Waals surface area contributed by atoms with E-state index in [-0.39, 0.29) is 0 Å². The maximum absolute atomic E-state index is 10.9. The molecule has 4 heteroatoms. The van der Waals surface area contributed by atoms with E-state index in [0.29, 0.717) is 24.1 Å². The van der Waals surface area contributed by atoms with Crippen molar-refractivity contribution >= 4 is 5.91 Å². The minimum absolute atomic E-state index is 0.420. The van der Waals surface area contributed by atoms with E-state index in [4.69, 9.17) is 10.5 Å². The lowest BCUT2D eigenvalue weighted by Crippen LogP contribution is -2.30. The fourth-order valence-electron chi connectivity index (χ4n) is 1.45. The van der Waals surface area contributed by atoms with E-state index in [2.05, 4.69) is 26.1 Å². The van der Waals surface area contributed by atoms with Crippen molar-refractivity contribution in [2.45, 2.75) is 26.8 Å². The van der Waals surface area contributed by atoms with Gasteiger partial charge >= 0.3 is 0 Å². The molecule has 3 N–H and O–H groups in total. The van der Waals surface area contributed by atoms with E-state index >= 15 is 0 Å². The molecular weight excluding hydrogens is 228 g/mol. The third kappa shape index (κ3) is 5.19. The highest BCUT2D eigenvalue weighted by Gasteiger charge is 2.05. The Balaban J connectivity index is 2.36. The average Bonchev–Trinajstić information content (AvgIpc) is 2.34. The number of primary amides is 1. The van der Waals surface area contributed by atoms with E-state index in [1.54, 1.807) is 24.3 Å². The summed E-state index contributed by atoms with van der Waals surface area (Å²) in [4.78, 5) is 10.9. The number of hydrogen-bond donors (Lipinski definition) is 2.